The fourth-order valence-corrected chi connectivity index (χ4v) is 4.90. The minimum Gasteiger partial charge on any atom is -0.367 e. The molecule has 0 N–H and O–H groups in total. The molecule has 0 aliphatic heterocycles. The first-order chi connectivity index (χ1) is 11.5. The van der Waals surface area contributed by atoms with Crippen LogP contribution >= 0.6 is 0 Å². The molecule has 3 aromatic rings. The summed E-state index contributed by atoms with van der Waals surface area (Å²) in [6.07, 6.45) is 5.26. The third-order valence-corrected chi connectivity index (χ3v) is 6.73. The molecule has 1 saturated carbocycles. The van der Waals surface area contributed by atoms with Gasteiger partial charge in [0, 0.05) is 27.2 Å². The van der Waals surface area contributed by atoms with Crippen LogP contribution in [0.4, 0.5) is 0 Å². The first-order valence-corrected chi connectivity index (χ1v) is 8.99. The summed E-state index contributed by atoms with van der Waals surface area (Å²) in [5, 5.41) is 0. The van der Waals surface area contributed by atoms with Crippen LogP contribution < -0.4 is 0 Å². The number of fused-ring (bicyclic) bond motifs is 3. The van der Waals surface area contributed by atoms with Gasteiger partial charge in [0.1, 0.15) is 0 Å². The molecule has 0 unspecified atom stereocenters. The van der Waals surface area contributed by atoms with Crippen LogP contribution in [0.2, 0.25) is 0 Å². The van der Waals surface area contributed by atoms with Crippen LogP contribution in [0.5, 0.6) is 0 Å². The van der Waals surface area contributed by atoms with Crippen molar-refractivity contribution in [1.29, 1.82) is 0 Å². The zero-order valence-corrected chi connectivity index (χ0v) is 17.4. The van der Waals surface area contributed by atoms with Crippen molar-refractivity contribution in [2.24, 2.45) is 7.05 Å². The SMILES string of the molecule is Cn1c(-c2[c-]cccc2)nc2cc3c(cc21)C1(C)CCC3(C)CC1.[Ir]. The molecular formula is C22H23IrN2-. The van der Waals surface area contributed by atoms with E-state index in [-0.39, 0.29) is 20.1 Å². The topological polar surface area (TPSA) is 17.8 Å². The predicted molar refractivity (Wildman–Crippen MR) is 98.2 cm³/mol. The predicted octanol–water partition coefficient (Wildman–Crippen LogP) is 5.14. The van der Waals surface area contributed by atoms with Crippen LogP contribution in [0.25, 0.3) is 22.4 Å². The maximum absolute atomic E-state index is 4.96. The molecule has 2 nitrogen and oxygen atoms in total. The average molecular weight is 508 g/mol. The van der Waals surface area contributed by atoms with E-state index < -0.39 is 0 Å². The monoisotopic (exact) mass is 508 g/mol. The summed E-state index contributed by atoms with van der Waals surface area (Å²) >= 11 is 0. The van der Waals surface area contributed by atoms with E-state index in [2.05, 4.69) is 55.8 Å². The third-order valence-electron chi connectivity index (χ3n) is 6.73. The van der Waals surface area contributed by atoms with E-state index in [4.69, 9.17) is 4.98 Å². The minimum absolute atomic E-state index is 0. The summed E-state index contributed by atoms with van der Waals surface area (Å²) in [5.74, 6) is 1.01. The third kappa shape index (κ3) is 2.29. The van der Waals surface area contributed by atoms with E-state index in [1.807, 2.05) is 12.1 Å². The Morgan fingerprint density at radius 2 is 1.64 bits per heavy atom. The van der Waals surface area contributed by atoms with Crippen LogP contribution in [-0.2, 0) is 38.0 Å². The molecule has 0 spiro atoms. The molecule has 6 rings (SSSR count). The van der Waals surface area contributed by atoms with Gasteiger partial charge in [0.05, 0.1) is 16.9 Å². The van der Waals surface area contributed by atoms with Crippen molar-refractivity contribution >= 4 is 11.0 Å². The van der Waals surface area contributed by atoms with Crippen molar-refractivity contribution in [3.05, 3.63) is 53.6 Å². The molecule has 0 amide bonds. The quantitative estimate of drug-likeness (QED) is 0.417. The molecule has 3 heteroatoms. The van der Waals surface area contributed by atoms with Crippen molar-refractivity contribution in [3.63, 3.8) is 0 Å². The van der Waals surface area contributed by atoms with Gasteiger partial charge in [-0.15, -0.1) is 35.9 Å². The second-order valence-electron chi connectivity index (χ2n) is 8.28. The van der Waals surface area contributed by atoms with Crippen LogP contribution in [0, 0.1) is 6.07 Å². The Balaban J connectivity index is 0.00000157. The van der Waals surface area contributed by atoms with Gasteiger partial charge in [-0.1, -0.05) is 13.8 Å². The van der Waals surface area contributed by atoms with E-state index in [0.29, 0.717) is 10.8 Å². The van der Waals surface area contributed by atoms with E-state index in [0.717, 1.165) is 16.9 Å². The van der Waals surface area contributed by atoms with E-state index in [1.165, 1.54) is 31.2 Å². The van der Waals surface area contributed by atoms with Gasteiger partial charge in [-0.3, -0.25) is 4.98 Å². The second-order valence-corrected chi connectivity index (χ2v) is 8.28. The van der Waals surface area contributed by atoms with Crippen LogP contribution in [0.15, 0.2) is 36.4 Å². The van der Waals surface area contributed by atoms with Gasteiger partial charge in [-0.25, -0.2) is 0 Å². The Hall–Kier alpha value is -1.44. The number of aromatic nitrogens is 2. The number of rotatable bonds is 1. The average Bonchev–Trinajstić information content (AvgIpc) is 2.93. The zero-order chi connectivity index (χ0) is 16.5. The van der Waals surface area contributed by atoms with Gasteiger partial charge in [-0.2, -0.15) is 0 Å². The molecule has 1 heterocycles. The molecule has 131 valence electrons. The second kappa shape index (κ2) is 5.53. The first-order valence-electron chi connectivity index (χ1n) is 8.99. The fraction of sp³-hybridized carbons (Fsp3) is 0.409. The molecule has 1 fully saturated rings. The van der Waals surface area contributed by atoms with Crippen molar-refractivity contribution in [2.45, 2.75) is 50.4 Å². The van der Waals surface area contributed by atoms with Gasteiger partial charge in [-0.05, 0) is 59.8 Å². The molecule has 0 atom stereocenters. The van der Waals surface area contributed by atoms with E-state index in [9.17, 15) is 0 Å². The Morgan fingerprint density at radius 1 is 1.00 bits per heavy atom. The summed E-state index contributed by atoms with van der Waals surface area (Å²) in [5.41, 5.74) is 7.26. The number of nitrogens with zero attached hydrogens (tertiary/aromatic N) is 2. The van der Waals surface area contributed by atoms with Crippen LogP contribution in [0.1, 0.15) is 50.7 Å². The van der Waals surface area contributed by atoms with Crippen LogP contribution in [0.3, 0.4) is 0 Å². The normalized spacial score (nSPS) is 27.2. The van der Waals surface area contributed by atoms with Crippen molar-refractivity contribution in [1.82, 2.24) is 9.55 Å². The molecule has 25 heavy (non-hydrogen) atoms. The molecule has 2 aromatic carbocycles. The van der Waals surface area contributed by atoms with Gasteiger partial charge in [0.15, 0.2) is 0 Å². The molecule has 1 radical (unpaired) electrons. The maximum Gasteiger partial charge on any atom is 0.0773 e. The summed E-state index contributed by atoms with van der Waals surface area (Å²) in [6.45, 7) is 4.91. The molecule has 3 aliphatic rings. The summed E-state index contributed by atoms with van der Waals surface area (Å²) < 4.78 is 2.23. The Bertz CT molecular complexity index is 947. The van der Waals surface area contributed by atoms with Crippen molar-refractivity contribution in [3.8, 4) is 11.4 Å². The van der Waals surface area contributed by atoms with E-state index >= 15 is 0 Å². The maximum atomic E-state index is 4.96. The summed E-state index contributed by atoms with van der Waals surface area (Å²) in [6, 6.07) is 16.2. The molecule has 0 saturated heterocycles. The minimum atomic E-state index is 0. The smallest absolute Gasteiger partial charge is 0.0773 e. The number of hydrogen-bond donors (Lipinski definition) is 0. The van der Waals surface area contributed by atoms with Gasteiger partial charge in [0.2, 0.25) is 0 Å². The Labute approximate surface area is 163 Å². The van der Waals surface area contributed by atoms with Gasteiger partial charge >= 0.3 is 0 Å². The first kappa shape index (κ1) is 17.0. The number of hydrogen-bond acceptors (Lipinski definition) is 1. The van der Waals surface area contributed by atoms with Crippen LogP contribution in [-0.4, -0.2) is 9.55 Å². The number of imidazole rings is 1. The summed E-state index contributed by atoms with van der Waals surface area (Å²) in [4.78, 5) is 4.96. The standard InChI is InChI=1S/C22H23N2.Ir/c1-21-9-11-22(2,12-10-21)17-14-19-18(13-16(17)21)23-20(24(19)3)15-7-5-4-6-8-15;/h4-7,13-14H,9-12H2,1-3H3;/q-1;. The number of aryl methyl sites for hydroxylation is 1. The van der Waals surface area contributed by atoms with Gasteiger partial charge < -0.3 is 4.57 Å². The molecule has 3 aliphatic carbocycles. The molecule has 1 aromatic heterocycles. The number of benzene rings is 2. The largest absolute Gasteiger partial charge is 0.367 e. The molecular weight excluding hydrogens is 484 g/mol. The fourth-order valence-electron chi connectivity index (χ4n) is 4.90. The Kier molecular flexibility index (Phi) is 3.76. The van der Waals surface area contributed by atoms with E-state index in [1.54, 1.807) is 11.1 Å². The van der Waals surface area contributed by atoms with Gasteiger partial charge in [0.25, 0.3) is 0 Å². The zero-order valence-electron chi connectivity index (χ0n) is 15.0. The van der Waals surface area contributed by atoms with Crippen molar-refractivity contribution < 1.29 is 20.1 Å². The summed E-state index contributed by atoms with van der Waals surface area (Å²) in [7, 11) is 2.13. The Morgan fingerprint density at radius 3 is 2.24 bits per heavy atom. The molecule has 2 bridgehead atoms. The van der Waals surface area contributed by atoms with Crippen molar-refractivity contribution in [2.75, 3.05) is 0 Å².